The van der Waals surface area contributed by atoms with Gasteiger partial charge in [0.05, 0.1) is 6.10 Å². The van der Waals surface area contributed by atoms with Crippen LogP contribution in [0.1, 0.15) is 30.6 Å². The van der Waals surface area contributed by atoms with Gasteiger partial charge in [-0.2, -0.15) is 0 Å². The van der Waals surface area contributed by atoms with E-state index < -0.39 is 6.10 Å². The molecule has 0 saturated carbocycles. The molecule has 1 nitrogen and oxygen atoms in total. The van der Waals surface area contributed by atoms with Gasteiger partial charge >= 0.3 is 0 Å². The van der Waals surface area contributed by atoms with E-state index in [9.17, 15) is 5.11 Å². The van der Waals surface area contributed by atoms with Crippen molar-refractivity contribution in [3.05, 3.63) is 64.7 Å². The fourth-order valence-electron chi connectivity index (χ4n) is 1.88. The molecule has 0 unspecified atom stereocenters. The second-order valence-electron chi connectivity index (χ2n) is 4.34. The molecular weight excluding hydrogens is 276 g/mol. The molecule has 3 heteroatoms. The van der Waals surface area contributed by atoms with E-state index >= 15 is 0 Å². The first-order valence-corrected chi connectivity index (χ1v) is 7.72. The molecule has 0 aliphatic rings. The molecule has 0 heterocycles. The molecule has 2 aromatic carbocycles. The Kier molecular flexibility index (Phi) is 5.32. The molecule has 1 N–H and O–H groups in total. The number of thioether (sulfide) groups is 1. The topological polar surface area (TPSA) is 20.2 Å². The van der Waals surface area contributed by atoms with Crippen molar-refractivity contribution in [2.75, 3.05) is 0 Å². The lowest BCUT2D eigenvalue weighted by atomic mass is 10.1. The maximum atomic E-state index is 10.0. The van der Waals surface area contributed by atoms with Crippen molar-refractivity contribution in [2.24, 2.45) is 0 Å². The summed E-state index contributed by atoms with van der Waals surface area (Å²) in [4.78, 5) is 1.12. The first-order valence-electron chi connectivity index (χ1n) is 6.35. The summed E-state index contributed by atoms with van der Waals surface area (Å²) in [5.74, 6) is 0.813. The van der Waals surface area contributed by atoms with Crippen LogP contribution >= 0.6 is 23.4 Å². The van der Waals surface area contributed by atoms with Crippen LogP contribution in [0.15, 0.2) is 53.4 Å². The average Bonchev–Trinajstić information content (AvgIpc) is 2.46. The van der Waals surface area contributed by atoms with Gasteiger partial charge in [-0.15, -0.1) is 11.8 Å². The lowest BCUT2D eigenvalue weighted by Crippen LogP contribution is -1.97. The Labute approximate surface area is 123 Å². The van der Waals surface area contributed by atoms with Crippen molar-refractivity contribution < 1.29 is 5.11 Å². The summed E-state index contributed by atoms with van der Waals surface area (Å²) >= 11 is 7.87. The van der Waals surface area contributed by atoms with E-state index in [1.54, 1.807) is 11.8 Å². The third-order valence-electron chi connectivity index (χ3n) is 3.01. The maximum Gasteiger partial charge on any atom is 0.0798 e. The number of halogens is 1. The molecule has 19 heavy (non-hydrogen) atoms. The first kappa shape index (κ1) is 14.4. The molecule has 2 aromatic rings. The summed E-state index contributed by atoms with van der Waals surface area (Å²) in [6.07, 6.45) is 0.332. The second kappa shape index (κ2) is 6.99. The van der Waals surface area contributed by atoms with Gasteiger partial charge < -0.3 is 5.11 Å². The average molecular weight is 293 g/mol. The van der Waals surface area contributed by atoms with Crippen LogP contribution in [0.2, 0.25) is 5.02 Å². The van der Waals surface area contributed by atoms with Crippen molar-refractivity contribution in [3.8, 4) is 0 Å². The van der Waals surface area contributed by atoms with Crippen molar-refractivity contribution in [2.45, 2.75) is 30.1 Å². The van der Waals surface area contributed by atoms with Crippen LogP contribution < -0.4 is 0 Å². The van der Waals surface area contributed by atoms with Crippen molar-refractivity contribution >= 4 is 23.4 Å². The SMILES string of the molecule is CC[C@H](O)c1ccccc1SCc1ccccc1Cl. The van der Waals surface area contributed by atoms with Gasteiger partial charge in [-0.25, -0.2) is 0 Å². The van der Waals surface area contributed by atoms with Crippen LogP contribution in [0, 0.1) is 0 Å². The molecule has 0 bridgehead atoms. The maximum absolute atomic E-state index is 10.0. The molecule has 0 saturated heterocycles. The number of benzene rings is 2. The van der Waals surface area contributed by atoms with Crippen LogP contribution in [0.25, 0.3) is 0 Å². The second-order valence-corrected chi connectivity index (χ2v) is 5.77. The molecule has 0 amide bonds. The first-order chi connectivity index (χ1) is 9.22. The summed E-state index contributed by atoms with van der Waals surface area (Å²) in [6, 6.07) is 15.9. The Hall–Kier alpha value is -0.960. The van der Waals surface area contributed by atoms with Gasteiger partial charge in [0, 0.05) is 15.7 Å². The lowest BCUT2D eigenvalue weighted by Gasteiger charge is -2.13. The quantitative estimate of drug-likeness (QED) is 0.776. The number of hydrogen-bond acceptors (Lipinski definition) is 2. The number of rotatable bonds is 5. The van der Waals surface area contributed by atoms with E-state index in [1.807, 2.05) is 49.4 Å². The molecule has 0 aliphatic carbocycles. The molecule has 0 aliphatic heterocycles. The van der Waals surface area contributed by atoms with E-state index in [1.165, 1.54) is 0 Å². The minimum atomic E-state index is -0.394. The van der Waals surface area contributed by atoms with Gasteiger partial charge in [0.25, 0.3) is 0 Å². The van der Waals surface area contributed by atoms with Gasteiger partial charge in [0.2, 0.25) is 0 Å². The van der Waals surface area contributed by atoms with Gasteiger partial charge in [0.1, 0.15) is 0 Å². The van der Waals surface area contributed by atoms with E-state index in [0.29, 0.717) is 0 Å². The van der Waals surface area contributed by atoms with E-state index in [4.69, 9.17) is 11.6 Å². The smallest absolute Gasteiger partial charge is 0.0798 e. The highest BCUT2D eigenvalue weighted by atomic mass is 35.5. The molecule has 0 radical (unpaired) electrons. The predicted octanol–water partition coefficient (Wildman–Crippen LogP) is 5.08. The Morgan fingerprint density at radius 3 is 2.53 bits per heavy atom. The standard InChI is InChI=1S/C16H17ClOS/c1-2-15(18)13-8-4-6-10-16(13)19-11-12-7-3-5-9-14(12)17/h3-10,15,18H,2,11H2,1H3/t15-/m0/s1. The number of aliphatic hydroxyl groups excluding tert-OH is 1. The van der Waals surface area contributed by atoms with Crippen LogP contribution in [0.3, 0.4) is 0 Å². The molecular formula is C16H17ClOS. The monoisotopic (exact) mass is 292 g/mol. The highest BCUT2D eigenvalue weighted by molar-refractivity contribution is 7.98. The number of aliphatic hydroxyl groups is 1. The third-order valence-corrected chi connectivity index (χ3v) is 4.51. The Morgan fingerprint density at radius 1 is 1.11 bits per heavy atom. The van der Waals surface area contributed by atoms with Crippen LogP contribution in [-0.2, 0) is 5.75 Å². The normalized spacial score (nSPS) is 12.4. The summed E-state index contributed by atoms with van der Waals surface area (Å²) in [7, 11) is 0. The van der Waals surface area contributed by atoms with Crippen molar-refractivity contribution in [3.63, 3.8) is 0 Å². The molecule has 100 valence electrons. The Morgan fingerprint density at radius 2 is 1.79 bits per heavy atom. The zero-order valence-corrected chi connectivity index (χ0v) is 12.4. The molecule has 2 rings (SSSR count). The minimum absolute atomic E-state index is 0.394. The minimum Gasteiger partial charge on any atom is -0.388 e. The highest BCUT2D eigenvalue weighted by Crippen LogP contribution is 2.32. The van der Waals surface area contributed by atoms with Gasteiger partial charge in [-0.1, -0.05) is 54.9 Å². The summed E-state index contributed by atoms with van der Waals surface area (Å²) in [5.41, 5.74) is 2.12. The number of hydrogen-bond donors (Lipinski definition) is 1. The highest BCUT2D eigenvalue weighted by Gasteiger charge is 2.10. The molecule has 0 spiro atoms. The summed E-state index contributed by atoms with van der Waals surface area (Å²) < 4.78 is 0. The van der Waals surface area contributed by atoms with Crippen molar-refractivity contribution in [1.29, 1.82) is 0 Å². The molecule has 1 atom stereocenters. The molecule has 0 aromatic heterocycles. The Balaban J connectivity index is 2.14. The fourth-order valence-corrected chi connectivity index (χ4v) is 3.27. The van der Waals surface area contributed by atoms with E-state index in [2.05, 4.69) is 6.07 Å². The van der Waals surface area contributed by atoms with E-state index in [-0.39, 0.29) is 0 Å². The molecule has 0 fully saturated rings. The third kappa shape index (κ3) is 3.75. The predicted molar refractivity (Wildman–Crippen MR) is 82.7 cm³/mol. The largest absolute Gasteiger partial charge is 0.388 e. The van der Waals surface area contributed by atoms with Gasteiger partial charge in [-0.3, -0.25) is 0 Å². The van der Waals surface area contributed by atoms with Gasteiger partial charge in [-0.05, 0) is 29.7 Å². The summed E-state index contributed by atoms with van der Waals surface area (Å²) in [5, 5.41) is 10.8. The van der Waals surface area contributed by atoms with Crippen LogP contribution in [0.4, 0.5) is 0 Å². The lowest BCUT2D eigenvalue weighted by molar-refractivity contribution is 0.171. The zero-order valence-electron chi connectivity index (χ0n) is 10.8. The zero-order chi connectivity index (χ0) is 13.7. The van der Waals surface area contributed by atoms with E-state index in [0.717, 1.165) is 33.2 Å². The van der Waals surface area contributed by atoms with Crippen LogP contribution in [0.5, 0.6) is 0 Å². The summed E-state index contributed by atoms with van der Waals surface area (Å²) in [6.45, 7) is 1.99. The Bertz CT molecular complexity index is 542. The van der Waals surface area contributed by atoms with Gasteiger partial charge in [0.15, 0.2) is 0 Å². The fraction of sp³-hybridized carbons (Fsp3) is 0.250. The van der Waals surface area contributed by atoms with Crippen LogP contribution in [-0.4, -0.2) is 5.11 Å². The van der Waals surface area contributed by atoms with Crippen molar-refractivity contribution in [1.82, 2.24) is 0 Å².